The predicted molar refractivity (Wildman–Crippen MR) is 147 cm³/mol. The number of para-hydroxylation sites is 1. The maximum atomic E-state index is 12.6. The Labute approximate surface area is 221 Å². The average molecular weight is 515 g/mol. The van der Waals surface area contributed by atoms with E-state index in [-0.39, 0.29) is 23.5 Å². The van der Waals surface area contributed by atoms with Crippen LogP contribution in [0.4, 0.5) is 5.69 Å². The Morgan fingerprint density at radius 2 is 1.59 bits per heavy atom. The van der Waals surface area contributed by atoms with Gasteiger partial charge in [-0.05, 0) is 73.9 Å². The first-order chi connectivity index (χ1) is 17.8. The number of thioether (sulfide) groups is 1. The second-order valence-electron chi connectivity index (χ2n) is 8.97. The topological polar surface area (TPSA) is 86.1 Å². The first-order valence-corrected chi connectivity index (χ1v) is 13.1. The van der Waals surface area contributed by atoms with E-state index in [4.69, 9.17) is 4.74 Å². The fourth-order valence-corrected chi connectivity index (χ4v) is 4.52. The molecule has 4 rings (SSSR count). The highest BCUT2D eigenvalue weighted by Crippen LogP contribution is 2.28. The minimum Gasteiger partial charge on any atom is -0.483 e. The zero-order chi connectivity index (χ0) is 26.4. The molecule has 0 aliphatic carbocycles. The van der Waals surface area contributed by atoms with Crippen LogP contribution in [0.3, 0.4) is 0 Å². The molecule has 1 unspecified atom stereocenters. The molecule has 0 aliphatic heterocycles. The van der Waals surface area contributed by atoms with Crippen molar-refractivity contribution in [2.75, 3.05) is 11.1 Å². The fourth-order valence-electron chi connectivity index (χ4n) is 3.76. The van der Waals surface area contributed by atoms with Gasteiger partial charge in [0.05, 0.1) is 5.75 Å². The van der Waals surface area contributed by atoms with Crippen molar-refractivity contribution in [1.29, 1.82) is 0 Å². The Morgan fingerprint density at radius 1 is 0.919 bits per heavy atom. The molecule has 1 atom stereocenters. The summed E-state index contributed by atoms with van der Waals surface area (Å²) in [5.74, 6) is 1.79. The van der Waals surface area contributed by atoms with Crippen LogP contribution >= 0.6 is 11.8 Å². The van der Waals surface area contributed by atoms with Crippen LogP contribution in [0.1, 0.15) is 61.5 Å². The Bertz CT molecular complexity index is 1350. The van der Waals surface area contributed by atoms with E-state index in [1.807, 2.05) is 54.0 Å². The number of rotatable bonds is 10. The monoisotopic (exact) mass is 514 g/mol. The van der Waals surface area contributed by atoms with Gasteiger partial charge in [-0.25, -0.2) is 0 Å². The minimum atomic E-state index is -0.374. The summed E-state index contributed by atoms with van der Waals surface area (Å²) in [4.78, 5) is 24.1. The van der Waals surface area contributed by atoms with Gasteiger partial charge in [0.1, 0.15) is 5.75 Å². The molecular formula is C29H30N4O3S. The van der Waals surface area contributed by atoms with Crippen LogP contribution in [-0.4, -0.2) is 32.2 Å². The van der Waals surface area contributed by atoms with E-state index in [2.05, 4.69) is 41.5 Å². The number of anilines is 1. The molecule has 37 heavy (non-hydrogen) atoms. The number of amides is 1. The SMILES string of the molecule is CC(=O)c1ccc(NC(=O)CSc2nnc(C(C)Oc3ccc(C(C)C)cc3)n2-c2ccccc2)cc1. The molecule has 1 amide bonds. The number of hydrogen-bond donors (Lipinski definition) is 1. The van der Waals surface area contributed by atoms with Crippen molar-refractivity contribution in [2.24, 2.45) is 0 Å². The molecular weight excluding hydrogens is 484 g/mol. The number of aromatic nitrogens is 3. The largest absolute Gasteiger partial charge is 0.483 e. The lowest BCUT2D eigenvalue weighted by Crippen LogP contribution is -2.15. The number of ketones is 1. The summed E-state index contributed by atoms with van der Waals surface area (Å²) >= 11 is 1.29. The maximum absolute atomic E-state index is 12.6. The molecule has 0 saturated carbocycles. The molecule has 0 spiro atoms. The van der Waals surface area contributed by atoms with E-state index in [1.165, 1.54) is 24.2 Å². The summed E-state index contributed by atoms with van der Waals surface area (Å²) in [6, 6.07) is 24.7. The van der Waals surface area contributed by atoms with E-state index in [0.29, 0.717) is 28.1 Å². The zero-order valence-electron chi connectivity index (χ0n) is 21.3. The van der Waals surface area contributed by atoms with Gasteiger partial charge in [-0.3, -0.25) is 14.2 Å². The lowest BCUT2D eigenvalue weighted by molar-refractivity contribution is -0.113. The molecule has 0 fully saturated rings. The maximum Gasteiger partial charge on any atom is 0.234 e. The van der Waals surface area contributed by atoms with Crippen molar-refractivity contribution >= 4 is 29.1 Å². The number of carbonyl (C=O) groups excluding carboxylic acids is 2. The van der Waals surface area contributed by atoms with Crippen LogP contribution in [-0.2, 0) is 4.79 Å². The molecule has 190 valence electrons. The molecule has 1 aromatic heterocycles. The number of hydrogen-bond acceptors (Lipinski definition) is 6. The summed E-state index contributed by atoms with van der Waals surface area (Å²) in [5, 5.41) is 12.3. The van der Waals surface area contributed by atoms with E-state index in [9.17, 15) is 9.59 Å². The summed E-state index contributed by atoms with van der Waals surface area (Å²) in [5.41, 5.74) is 3.37. The van der Waals surface area contributed by atoms with Crippen molar-refractivity contribution in [1.82, 2.24) is 14.8 Å². The van der Waals surface area contributed by atoms with Gasteiger partial charge in [-0.1, -0.05) is 55.9 Å². The third-order valence-corrected chi connectivity index (χ3v) is 6.73. The standard InChI is InChI=1S/C29H30N4O3S/c1-19(2)22-12-16-26(17-13-22)36-21(4)28-31-32-29(33(28)25-8-6-5-7-9-25)37-18-27(35)30-24-14-10-23(11-15-24)20(3)34/h5-17,19,21H,18H2,1-4H3,(H,30,35). The number of benzene rings is 3. The van der Waals surface area contributed by atoms with Crippen molar-refractivity contribution in [3.63, 3.8) is 0 Å². The summed E-state index contributed by atoms with van der Waals surface area (Å²) < 4.78 is 8.13. The molecule has 1 heterocycles. The minimum absolute atomic E-state index is 0.0183. The van der Waals surface area contributed by atoms with Gasteiger partial charge >= 0.3 is 0 Å². The van der Waals surface area contributed by atoms with Crippen molar-refractivity contribution in [2.45, 2.75) is 44.9 Å². The Morgan fingerprint density at radius 3 is 2.22 bits per heavy atom. The van der Waals surface area contributed by atoms with Gasteiger partial charge in [0, 0.05) is 16.9 Å². The lowest BCUT2D eigenvalue weighted by Gasteiger charge is -2.17. The van der Waals surface area contributed by atoms with Gasteiger partial charge in [0.2, 0.25) is 5.91 Å². The number of nitrogens with zero attached hydrogens (tertiary/aromatic N) is 3. The molecule has 4 aromatic rings. The molecule has 3 aromatic carbocycles. The smallest absolute Gasteiger partial charge is 0.234 e. The van der Waals surface area contributed by atoms with Crippen LogP contribution in [0.5, 0.6) is 5.75 Å². The van der Waals surface area contributed by atoms with E-state index in [0.717, 1.165) is 11.4 Å². The number of carbonyl (C=O) groups is 2. The number of ether oxygens (including phenoxy) is 1. The number of nitrogens with one attached hydrogen (secondary N) is 1. The second-order valence-corrected chi connectivity index (χ2v) is 9.91. The fraction of sp³-hybridized carbons (Fsp3) is 0.241. The van der Waals surface area contributed by atoms with E-state index in [1.54, 1.807) is 24.3 Å². The highest BCUT2D eigenvalue weighted by Gasteiger charge is 2.22. The molecule has 0 bridgehead atoms. The van der Waals surface area contributed by atoms with E-state index < -0.39 is 0 Å². The van der Waals surface area contributed by atoms with Crippen LogP contribution in [0.25, 0.3) is 5.69 Å². The quantitative estimate of drug-likeness (QED) is 0.193. The molecule has 0 aliphatic rings. The van der Waals surface area contributed by atoms with E-state index >= 15 is 0 Å². The van der Waals surface area contributed by atoms with Gasteiger partial charge in [-0.15, -0.1) is 10.2 Å². The molecule has 8 heteroatoms. The van der Waals surface area contributed by atoms with Crippen LogP contribution in [0.15, 0.2) is 84.0 Å². The molecule has 0 radical (unpaired) electrons. The van der Waals surface area contributed by atoms with Crippen LogP contribution in [0.2, 0.25) is 0 Å². The second kappa shape index (κ2) is 11.9. The molecule has 1 N–H and O–H groups in total. The highest BCUT2D eigenvalue weighted by molar-refractivity contribution is 7.99. The summed E-state index contributed by atoms with van der Waals surface area (Å²) in [6.07, 6.45) is -0.374. The summed E-state index contributed by atoms with van der Waals surface area (Å²) in [7, 11) is 0. The van der Waals surface area contributed by atoms with Crippen LogP contribution < -0.4 is 10.1 Å². The van der Waals surface area contributed by atoms with Gasteiger partial charge < -0.3 is 10.1 Å². The Hall–Kier alpha value is -3.91. The van der Waals surface area contributed by atoms with Crippen molar-refractivity contribution in [3.05, 3.63) is 95.8 Å². The van der Waals surface area contributed by atoms with Gasteiger partial charge in [0.15, 0.2) is 22.9 Å². The number of Topliss-reactive ketones (excluding diaryl/α,β-unsaturated/α-hetero) is 1. The first-order valence-electron chi connectivity index (χ1n) is 12.1. The third-order valence-electron chi connectivity index (χ3n) is 5.80. The zero-order valence-corrected chi connectivity index (χ0v) is 22.2. The van der Waals surface area contributed by atoms with Gasteiger partial charge in [0.25, 0.3) is 0 Å². The first kappa shape index (κ1) is 26.2. The predicted octanol–water partition coefficient (Wildman–Crippen LogP) is 6.46. The highest BCUT2D eigenvalue weighted by atomic mass is 32.2. The van der Waals surface area contributed by atoms with Gasteiger partial charge in [-0.2, -0.15) is 0 Å². The molecule has 7 nitrogen and oxygen atoms in total. The third kappa shape index (κ3) is 6.65. The average Bonchev–Trinajstić information content (AvgIpc) is 3.33. The lowest BCUT2D eigenvalue weighted by atomic mass is 10.0. The molecule has 0 saturated heterocycles. The van der Waals surface area contributed by atoms with Crippen molar-refractivity contribution < 1.29 is 14.3 Å². The summed E-state index contributed by atoms with van der Waals surface area (Å²) in [6.45, 7) is 7.76. The normalized spacial score (nSPS) is 11.8. The Balaban J connectivity index is 1.49. The Kier molecular flexibility index (Phi) is 8.40. The van der Waals surface area contributed by atoms with Crippen molar-refractivity contribution in [3.8, 4) is 11.4 Å². The van der Waals surface area contributed by atoms with Crippen LogP contribution in [0, 0.1) is 0 Å².